The number of hydrogen-bond donors (Lipinski definition) is 1. The van der Waals surface area contributed by atoms with Crippen LogP contribution in [0.1, 0.15) is 37.8 Å². The number of benzene rings is 1. The first-order valence-electron chi connectivity index (χ1n) is 6.31. The Kier molecular flexibility index (Phi) is 4.13. The van der Waals surface area contributed by atoms with Crippen molar-refractivity contribution in [1.29, 1.82) is 0 Å². The first kappa shape index (κ1) is 12.5. The summed E-state index contributed by atoms with van der Waals surface area (Å²) >= 11 is 0. The molecular weight excluding hydrogens is 217 g/mol. The molecule has 17 heavy (non-hydrogen) atoms. The van der Waals surface area contributed by atoms with Crippen LogP contribution < -0.4 is 5.73 Å². The normalized spacial score (nSPS) is 25.4. The maximum Gasteiger partial charge on any atom is 0.123 e. The van der Waals surface area contributed by atoms with Gasteiger partial charge in [0, 0.05) is 12.6 Å². The summed E-state index contributed by atoms with van der Waals surface area (Å²) in [4.78, 5) is 0. The lowest BCUT2D eigenvalue weighted by Gasteiger charge is -2.36. The summed E-state index contributed by atoms with van der Waals surface area (Å²) in [5, 5.41) is 0. The third-order valence-corrected chi connectivity index (χ3v) is 3.48. The zero-order valence-electron chi connectivity index (χ0n) is 10.2. The van der Waals surface area contributed by atoms with Gasteiger partial charge in [0.05, 0.1) is 6.10 Å². The highest BCUT2D eigenvalue weighted by Crippen LogP contribution is 2.36. The molecule has 0 spiro atoms. The molecule has 0 radical (unpaired) electrons. The Hall–Kier alpha value is -0.930. The molecule has 1 fully saturated rings. The molecule has 1 aromatic carbocycles. The average molecular weight is 237 g/mol. The van der Waals surface area contributed by atoms with Gasteiger partial charge in [0.15, 0.2) is 0 Å². The van der Waals surface area contributed by atoms with Crippen molar-refractivity contribution in [1.82, 2.24) is 0 Å². The molecule has 2 nitrogen and oxygen atoms in total. The Labute approximate surface area is 102 Å². The topological polar surface area (TPSA) is 35.2 Å². The number of hydrogen-bond acceptors (Lipinski definition) is 2. The summed E-state index contributed by atoms with van der Waals surface area (Å²) in [6.45, 7) is 2.82. The van der Waals surface area contributed by atoms with Crippen molar-refractivity contribution < 1.29 is 9.13 Å². The zero-order chi connectivity index (χ0) is 12.3. The van der Waals surface area contributed by atoms with Crippen LogP contribution in [0.3, 0.4) is 0 Å². The largest absolute Gasteiger partial charge is 0.378 e. The molecule has 0 heterocycles. The van der Waals surface area contributed by atoms with Crippen LogP contribution in [-0.2, 0) is 4.74 Å². The fourth-order valence-corrected chi connectivity index (χ4v) is 2.44. The Bertz CT molecular complexity index is 346. The molecule has 0 aromatic heterocycles. The van der Waals surface area contributed by atoms with Crippen molar-refractivity contribution in [3.05, 3.63) is 35.6 Å². The van der Waals surface area contributed by atoms with E-state index in [1.54, 1.807) is 12.1 Å². The smallest absolute Gasteiger partial charge is 0.123 e. The summed E-state index contributed by atoms with van der Waals surface area (Å²) in [6.07, 6.45) is 3.63. The molecular formula is C14H20FNO. The number of rotatable bonds is 5. The van der Waals surface area contributed by atoms with Crippen LogP contribution in [0.4, 0.5) is 4.39 Å². The van der Waals surface area contributed by atoms with Crippen molar-refractivity contribution in [2.75, 3.05) is 6.61 Å². The van der Waals surface area contributed by atoms with Crippen LogP contribution in [0.5, 0.6) is 0 Å². The van der Waals surface area contributed by atoms with Crippen LogP contribution in [0.15, 0.2) is 24.3 Å². The molecule has 1 unspecified atom stereocenters. The van der Waals surface area contributed by atoms with Gasteiger partial charge in [-0.1, -0.05) is 12.1 Å². The van der Waals surface area contributed by atoms with Crippen LogP contribution in [0, 0.1) is 11.7 Å². The van der Waals surface area contributed by atoms with E-state index in [2.05, 4.69) is 0 Å². The van der Waals surface area contributed by atoms with Gasteiger partial charge in [-0.3, -0.25) is 0 Å². The third kappa shape index (κ3) is 3.27. The van der Waals surface area contributed by atoms with Gasteiger partial charge in [-0.05, 0) is 49.8 Å². The van der Waals surface area contributed by atoms with Crippen LogP contribution in [0.2, 0.25) is 0 Å². The van der Waals surface area contributed by atoms with Gasteiger partial charge in [0.25, 0.3) is 0 Å². The molecule has 3 heteroatoms. The predicted molar refractivity (Wildman–Crippen MR) is 66.1 cm³/mol. The highest BCUT2D eigenvalue weighted by Gasteiger charge is 2.30. The van der Waals surface area contributed by atoms with Crippen LogP contribution >= 0.6 is 0 Å². The van der Waals surface area contributed by atoms with Gasteiger partial charge in [0.2, 0.25) is 0 Å². The Balaban J connectivity index is 1.78. The van der Waals surface area contributed by atoms with Gasteiger partial charge in [0.1, 0.15) is 5.82 Å². The van der Waals surface area contributed by atoms with Crippen molar-refractivity contribution in [2.24, 2.45) is 11.7 Å². The van der Waals surface area contributed by atoms with Crippen LogP contribution in [-0.4, -0.2) is 12.7 Å². The van der Waals surface area contributed by atoms with Crippen molar-refractivity contribution >= 4 is 0 Å². The van der Waals surface area contributed by atoms with Crippen molar-refractivity contribution in [3.8, 4) is 0 Å². The molecule has 2 N–H and O–H groups in total. The number of ether oxygens (including phenoxy) is 1. The molecule has 0 bridgehead atoms. The second kappa shape index (κ2) is 5.61. The second-order valence-electron chi connectivity index (χ2n) is 4.81. The first-order chi connectivity index (χ1) is 8.19. The monoisotopic (exact) mass is 237 g/mol. The lowest BCUT2D eigenvalue weighted by molar-refractivity contribution is -0.0282. The maximum atomic E-state index is 12.8. The molecule has 1 aromatic rings. The summed E-state index contributed by atoms with van der Waals surface area (Å²) in [7, 11) is 0. The summed E-state index contributed by atoms with van der Waals surface area (Å²) < 4.78 is 18.3. The molecule has 0 saturated heterocycles. The standard InChI is InChI=1S/C14H20FNO/c1-2-17-13-7-10(8-13)9-14(16)11-3-5-12(15)6-4-11/h3-6,10,13-14H,2,7-9,16H2,1H3. The minimum absolute atomic E-state index is 0.0168. The minimum atomic E-state index is -0.207. The average Bonchev–Trinajstić information content (AvgIpc) is 2.27. The predicted octanol–water partition coefficient (Wildman–Crippen LogP) is 3.03. The van der Waals surface area contributed by atoms with E-state index in [1.165, 1.54) is 12.1 Å². The number of halogens is 1. The van der Waals surface area contributed by atoms with Gasteiger partial charge in [-0.25, -0.2) is 4.39 Å². The summed E-state index contributed by atoms with van der Waals surface area (Å²) in [6, 6.07) is 6.51. The minimum Gasteiger partial charge on any atom is -0.378 e. The molecule has 1 aliphatic rings. The van der Waals surface area contributed by atoms with E-state index in [1.807, 2.05) is 6.92 Å². The van der Waals surface area contributed by atoms with E-state index in [0.29, 0.717) is 12.0 Å². The van der Waals surface area contributed by atoms with E-state index in [-0.39, 0.29) is 11.9 Å². The lowest BCUT2D eigenvalue weighted by Crippen LogP contribution is -2.33. The summed E-state index contributed by atoms with van der Waals surface area (Å²) in [5.41, 5.74) is 7.13. The molecule has 0 amide bonds. The highest BCUT2D eigenvalue weighted by atomic mass is 19.1. The fourth-order valence-electron chi connectivity index (χ4n) is 2.44. The fraction of sp³-hybridized carbons (Fsp3) is 0.571. The van der Waals surface area contributed by atoms with Gasteiger partial charge >= 0.3 is 0 Å². The maximum absolute atomic E-state index is 12.8. The van der Waals surface area contributed by atoms with Gasteiger partial charge in [-0.2, -0.15) is 0 Å². The van der Waals surface area contributed by atoms with Crippen molar-refractivity contribution in [3.63, 3.8) is 0 Å². The first-order valence-corrected chi connectivity index (χ1v) is 6.31. The van der Waals surface area contributed by atoms with Gasteiger partial charge < -0.3 is 10.5 Å². The van der Waals surface area contributed by atoms with Gasteiger partial charge in [-0.15, -0.1) is 0 Å². The van der Waals surface area contributed by atoms with Crippen molar-refractivity contribution in [2.45, 2.75) is 38.3 Å². The Morgan fingerprint density at radius 3 is 2.59 bits per heavy atom. The molecule has 1 aliphatic carbocycles. The molecule has 2 rings (SSSR count). The van der Waals surface area contributed by atoms with E-state index < -0.39 is 0 Å². The quantitative estimate of drug-likeness (QED) is 0.854. The third-order valence-electron chi connectivity index (χ3n) is 3.48. The zero-order valence-corrected chi connectivity index (χ0v) is 10.2. The number of nitrogens with two attached hydrogens (primary N) is 1. The Morgan fingerprint density at radius 1 is 1.35 bits per heavy atom. The molecule has 1 saturated carbocycles. The molecule has 1 atom stereocenters. The molecule has 0 aliphatic heterocycles. The summed E-state index contributed by atoms with van der Waals surface area (Å²) in [5.74, 6) is 0.451. The van der Waals surface area contributed by atoms with Crippen LogP contribution in [0.25, 0.3) is 0 Å². The lowest BCUT2D eigenvalue weighted by atomic mass is 9.77. The SMILES string of the molecule is CCOC1CC(CC(N)c2ccc(F)cc2)C1. The second-order valence-corrected chi connectivity index (χ2v) is 4.81. The van der Waals surface area contributed by atoms with E-state index in [4.69, 9.17) is 10.5 Å². The highest BCUT2D eigenvalue weighted by molar-refractivity contribution is 5.19. The van der Waals surface area contributed by atoms with E-state index in [9.17, 15) is 4.39 Å². The molecule has 94 valence electrons. The van der Waals surface area contributed by atoms with E-state index in [0.717, 1.165) is 31.4 Å². The van der Waals surface area contributed by atoms with E-state index >= 15 is 0 Å². The Morgan fingerprint density at radius 2 is 2.00 bits per heavy atom.